The van der Waals surface area contributed by atoms with Crippen LogP contribution in [0.3, 0.4) is 0 Å². The summed E-state index contributed by atoms with van der Waals surface area (Å²) < 4.78 is 16.2. The lowest BCUT2D eigenvalue weighted by atomic mass is 10.3. The minimum Gasteiger partial charge on any atom is -0.376 e. The zero-order valence-corrected chi connectivity index (χ0v) is 15.7. The fraction of sp³-hybridized carbons (Fsp3) is 0. The number of carbonyl (C=O) groups excluding carboxylic acids is 2. The van der Waals surface area contributed by atoms with E-state index in [2.05, 4.69) is 14.9 Å². The number of rotatable bonds is 4. The fourth-order valence-corrected chi connectivity index (χ4v) is 2.68. The standard InChI is InChI=1S/C20H14N4O7/c25-17-11-15(21-23(17)13-7-3-1-4-8-13)29-19(27)31-20(28)30-16-12-18(26)24(22-16)14-9-5-2-6-10-14/h1-12,21-22H. The molecular formula is C20H14N4O7. The molecule has 0 atom stereocenters. The third-order valence-electron chi connectivity index (χ3n) is 3.98. The molecule has 0 saturated heterocycles. The lowest BCUT2D eigenvalue weighted by molar-refractivity contribution is 0.0875. The predicted molar refractivity (Wildman–Crippen MR) is 106 cm³/mol. The summed E-state index contributed by atoms with van der Waals surface area (Å²) in [5, 5.41) is 5.12. The first kappa shape index (κ1) is 19.5. The molecule has 0 aliphatic heterocycles. The van der Waals surface area contributed by atoms with Gasteiger partial charge in [0.25, 0.3) is 11.1 Å². The van der Waals surface area contributed by atoms with Crippen molar-refractivity contribution in [3.8, 4) is 23.1 Å². The van der Waals surface area contributed by atoms with Crippen molar-refractivity contribution in [1.82, 2.24) is 19.6 Å². The number of carbonyl (C=O) groups is 2. The van der Waals surface area contributed by atoms with Gasteiger partial charge in [-0.1, -0.05) is 36.4 Å². The van der Waals surface area contributed by atoms with E-state index >= 15 is 0 Å². The molecule has 0 saturated carbocycles. The van der Waals surface area contributed by atoms with Gasteiger partial charge in [-0.15, -0.1) is 0 Å². The summed E-state index contributed by atoms with van der Waals surface area (Å²) >= 11 is 0. The number of hydrogen-bond donors (Lipinski definition) is 2. The Balaban J connectivity index is 1.38. The van der Waals surface area contributed by atoms with E-state index in [4.69, 9.17) is 9.47 Å². The molecule has 0 spiro atoms. The number of nitrogens with one attached hydrogen (secondary N) is 2. The molecule has 0 amide bonds. The normalized spacial score (nSPS) is 10.5. The van der Waals surface area contributed by atoms with Gasteiger partial charge >= 0.3 is 12.3 Å². The van der Waals surface area contributed by atoms with E-state index < -0.39 is 23.4 Å². The van der Waals surface area contributed by atoms with Gasteiger partial charge in [0, 0.05) is 0 Å². The number of aromatic nitrogens is 4. The van der Waals surface area contributed by atoms with Crippen molar-refractivity contribution in [3.63, 3.8) is 0 Å². The Morgan fingerprint density at radius 3 is 1.42 bits per heavy atom. The van der Waals surface area contributed by atoms with Crippen LogP contribution < -0.4 is 20.6 Å². The highest BCUT2D eigenvalue weighted by Gasteiger charge is 2.18. The van der Waals surface area contributed by atoms with Gasteiger partial charge in [-0.3, -0.25) is 19.8 Å². The number of hydrogen-bond acceptors (Lipinski definition) is 7. The first-order valence-corrected chi connectivity index (χ1v) is 8.86. The van der Waals surface area contributed by atoms with Crippen molar-refractivity contribution < 1.29 is 23.8 Å². The highest BCUT2D eigenvalue weighted by atomic mass is 16.8. The molecule has 11 nitrogen and oxygen atoms in total. The van der Waals surface area contributed by atoms with Crippen molar-refractivity contribution in [2.45, 2.75) is 0 Å². The molecule has 11 heteroatoms. The molecule has 0 aliphatic carbocycles. The zero-order valence-electron chi connectivity index (χ0n) is 15.7. The monoisotopic (exact) mass is 422 g/mol. The number of nitrogens with zero attached hydrogens (tertiary/aromatic N) is 2. The molecule has 4 rings (SSSR count). The van der Waals surface area contributed by atoms with E-state index in [1.807, 2.05) is 0 Å². The molecule has 2 N–H and O–H groups in total. The van der Waals surface area contributed by atoms with Crippen molar-refractivity contribution in [3.05, 3.63) is 93.5 Å². The van der Waals surface area contributed by atoms with Crippen molar-refractivity contribution in [2.24, 2.45) is 0 Å². The summed E-state index contributed by atoms with van der Waals surface area (Å²) in [7, 11) is 0. The highest BCUT2D eigenvalue weighted by molar-refractivity contribution is 5.79. The topological polar surface area (TPSA) is 137 Å². The second kappa shape index (κ2) is 8.29. The number of H-pyrrole nitrogens is 2. The summed E-state index contributed by atoms with van der Waals surface area (Å²) in [6.45, 7) is 0. The van der Waals surface area contributed by atoms with Gasteiger partial charge in [0.15, 0.2) is 0 Å². The van der Waals surface area contributed by atoms with E-state index in [0.29, 0.717) is 11.4 Å². The average molecular weight is 422 g/mol. The maximum absolute atomic E-state index is 12.0. The molecule has 156 valence electrons. The Labute approximate surface area is 173 Å². The molecule has 31 heavy (non-hydrogen) atoms. The zero-order chi connectivity index (χ0) is 21.8. The van der Waals surface area contributed by atoms with Crippen LogP contribution in [0.2, 0.25) is 0 Å². The first-order valence-electron chi connectivity index (χ1n) is 8.86. The van der Waals surface area contributed by atoms with Gasteiger partial charge < -0.3 is 14.2 Å². The van der Waals surface area contributed by atoms with Gasteiger partial charge in [-0.2, -0.15) is 0 Å². The second-order valence-corrected chi connectivity index (χ2v) is 6.07. The number of benzene rings is 2. The maximum Gasteiger partial charge on any atom is 0.525 e. The number of ether oxygens (including phenoxy) is 3. The molecule has 0 unspecified atom stereocenters. The van der Waals surface area contributed by atoms with Crippen LogP contribution in [-0.4, -0.2) is 31.9 Å². The predicted octanol–water partition coefficient (Wildman–Crippen LogP) is 2.36. The van der Waals surface area contributed by atoms with E-state index in [1.165, 1.54) is 0 Å². The molecule has 4 aromatic rings. The molecule has 2 aromatic heterocycles. The number of para-hydroxylation sites is 2. The second-order valence-electron chi connectivity index (χ2n) is 6.07. The third kappa shape index (κ3) is 4.45. The Morgan fingerprint density at radius 1 is 0.645 bits per heavy atom. The van der Waals surface area contributed by atoms with Gasteiger partial charge in [0.05, 0.1) is 23.5 Å². The van der Waals surface area contributed by atoms with Crippen LogP contribution in [0.4, 0.5) is 9.59 Å². The summed E-state index contributed by atoms with van der Waals surface area (Å²) in [5.74, 6) is -0.481. The van der Waals surface area contributed by atoms with Gasteiger partial charge in [0.2, 0.25) is 11.8 Å². The Kier molecular flexibility index (Phi) is 5.22. The first-order chi connectivity index (χ1) is 15.0. The van der Waals surface area contributed by atoms with E-state index in [1.54, 1.807) is 60.7 Å². The lowest BCUT2D eigenvalue weighted by Crippen LogP contribution is -2.19. The van der Waals surface area contributed by atoms with Crippen LogP contribution in [0.5, 0.6) is 11.8 Å². The van der Waals surface area contributed by atoms with E-state index in [-0.39, 0.29) is 11.8 Å². The molecule has 2 heterocycles. The Morgan fingerprint density at radius 2 is 1.03 bits per heavy atom. The largest absolute Gasteiger partial charge is 0.525 e. The maximum atomic E-state index is 12.0. The summed E-state index contributed by atoms with van der Waals surface area (Å²) in [4.78, 5) is 47.6. The third-order valence-corrected chi connectivity index (χ3v) is 3.98. The van der Waals surface area contributed by atoms with Crippen molar-refractivity contribution >= 4 is 12.3 Å². The minimum absolute atomic E-state index is 0.240. The molecule has 0 aliphatic rings. The van der Waals surface area contributed by atoms with Crippen molar-refractivity contribution in [1.29, 1.82) is 0 Å². The molecule has 2 aromatic carbocycles. The van der Waals surface area contributed by atoms with E-state index in [0.717, 1.165) is 21.5 Å². The van der Waals surface area contributed by atoms with E-state index in [9.17, 15) is 19.2 Å². The fourth-order valence-electron chi connectivity index (χ4n) is 2.68. The van der Waals surface area contributed by atoms with Crippen LogP contribution in [0.25, 0.3) is 11.4 Å². The lowest BCUT2D eigenvalue weighted by Gasteiger charge is -2.04. The van der Waals surface area contributed by atoms with Crippen LogP contribution in [0.15, 0.2) is 82.4 Å². The van der Waals surface area contributed by atoms with Crippen LogP contribution in [-0.2, 0) is 4.74 Å². The van der Waals surface area contributed by atoms with Crippen LogP contribution >= 0.6 is 0 Å². The van der Waals surface area contributed by atoms with Gasteiger partial charge in [0.1, 0.15) is 0 Å². The quantitative estimate of drug-likeness (QED) is 0.380. The molecule has 0 radical (unpaired) electrons. The minimum atomic E-state index is -1.43. The number of aromatic amines is 2. The van der Waals surface area contributed by atoms with Gasteiger partial charge in [-0.25, -0.2) is 19.0 Å². The smallest absolute Gasteiger partial charge is 0.376 e. The van der Waals surface area contributed by atoms with Crippen LogP contribution in [0, 0.1) is 0 Å². The summed E-state index contributed by atoms with van der Waals surface area (Å²) in [6, 6.07) is 19.1. The van der Waals surface area contributed by atoms with Crippen molar-refractivity contribution in [2.75, 3.05) is 0 Å². The molecule has 0 bridgehead atoms. The molecule has 0 fully saturated rings. The molecular weight excluding hydrogens is 408 g/mol. The SMILES string of the molecule is O=C(OC(=O)Oc1cc(=O)n(-c2ccccc2)[nH]1)Oc1cc(=O)n(-c2ccccc2)[nH]1. The summed E-state index contributed by atoms with van der Waals surface area (Å²) in [5.41, 5.74) is 0.0526. The Hall–Kier alpha value is -4.80. The average Bonchev–Trinajstić information content (AvgIpc) is 3.30. The Bertz CT molecular complexity index is 1230. The summed E-state index contributed by atoms with van der Waals surface area (Å²) in [6.07, 6.45) is -2.87. The highest BCUT2D eigenvalue weighted by Crippen LogP contribution is 2.11. The van der Waals surface area contributed by atoms with Gasteiger partial charge in [-0.05, 0) is 24.3 Å². The van der Waals surface area contributed by atoms with Crippen LogP contribution in [0.1, 0.15) is 0 Å².